The molecular weight excluding hydrogens is 288 g/mol. The van der Waals surface area contributed by atoms with Gasteiger partial charge in [-0.2, -0.15) is 0 Å². The van der Waals surface area contributed by atoms with E-state index in [1.807, 2.05) is 37.9 Å². The molecule has 1 amide bonds. The molecule has 1 aromatic heterocycles. The summed E-state index contributed by atoms with van der Waals surface area (Å²) in [6.45, 7) is 9.08. The Morgan fingerprint density at radius 2 is 1.91 bits per heavy atom. The van der Waals surface area contributed by atoms with Gasteiger partial charge in [0.15, 0.2) is 0 Å². The number of carbonyl (C=O) groups is 1. The lowest BCUT2D eigenvalue weighted by molar-refractivity contribution is -0.122. The number of amides is 1. The minimum Gasteiger partial charge on any atom is -0.465 e. The SMILES string of the molecule is Cc1ccc(CN(C)CC(=O)NC(C)c2ccc(C)c(C)c2)o1. The van der Waals surface area contributed by atoms with Gasteiger partial charge in [-0.05, 0) is 63.6 Å². The Morgan fingerprint density at radius 1 is 1.17 bits per heavy atom. The first-order chi connectivity index (χ1) is 10.8. The molecular formula is C19H26N2O2. The number of furan rings is 1. The van der Waals surface area contributed by atoms with E-state index in [-0.39, 0.29) is 11.9 Å². The predicted octanol–water partition coefficient (Wildman–Crippen LogP) is 3.51. The predicted molar refractivity (Wildman–Crippen MR) is 92.3 cm³/mol. The van der Waals surface area contributed by atoms with Gasteiger partial charge in [0.25, 0.3) is 0 Å². The van der Waals surface area contributed by atoms with Crippen LogP contribution in [0.2, 0.25) is 0 Å². The molecule has 1 unspecified atom stereocenters. The van der Waals surface area contributed by atoms with Crippen LogP contribution < -0.4 is 5.32 Å². The molecule has 0 aliphatic carbocycles. The number of nitrogens with zero attached hydrogens (tertiary/aromatic N) is 1. The van der Waals surface area contributed by atoms with Gasteiger partial charge in [-0.15, -0.1) is 0 Å². The van der Waals surface area contributed by atoms with Gasteiger partial charge in [0.1, 0.15) is 11.5 Å². The quantitative estimate of drug-likeness (QED) is 0.887. The average molecular weight is 314 g/mol. The Hall–Kier alpha value is -2.07. The summed E-state index contributed by atoms with van der Waals surface area (Å²) in [7, 11) is 1.91. The van der Waals surface area contributed by atoms with Gasteiger partial charge in [-0.3, -0.25) is 9.69 Å². The van der Waals surface area contributed by atoms with E-state index >= 15 is 0 Å². The van der Waals surface area contributed by atoms with Crippen molar-refractivity contribution in [2.75, 3.05) is 13.6 Å². The second-order valence-corrected chi connectivity index (χ2v) is 6.32. The highest BCUT2D eigenvalue weighted by Crippen LogP contribution is 2.16. The van der Waals surface area contributed by atoms with Crippen LogP contribution in [0.25, 0.3) is 0 Å². The Balaban J connectivity index is 1.86. The molecule has 1 N–H and O–H groups in total. The Labute approximate surface area is 138 Å². The molecule has 0 saturated heterocycles. The maximum atomic E-state index is 12.2. The van der Waals surface area contributed by atoms with Crippen molar-refractivity contribution >= 4 is 5.91 Å². The lowest BCUT2D eigenvalue weighted by Gasteiger charge is -2.19. The topological polar surface area (TPSA) is 45.5 Å². The van der Waals surface area contributed by atoms with Gasteiger partial charge >= 0.3 is 0 Å². The summed E-state index contributed by atoms with van der Waals surface area (Å²) in [6, 6.07) is 10.2. The highest BCUT2D eigenvalue weighted by atomic mass is 16.3. The van der Waals surface area contributed by atoms with Crippen molar-refractivity contribution in [2.45, 2.75) is 40.3 Å². The van der Waals surface area contributed by atoms with Crippen molar-refractivity contribution in [1.82, 2.24) is 10.2 Å². The summed E-state index contributed by atoms with van der Waals surface area (Å²) in [6.07, 6.45) is 0. The van der Waals surface area contributed by atoms with E-state index in [1.165, 1.54) is 11.1 Å². The maximum Gasteiger partial charge on any atom is 0.234 e. The van der Waals surface area contributed by atoms with E-state index in [2.05, 4.69) is 37.4 Å². The molecule has 0 bridgehead atoms. The van der Waals surface area contributed by atoms with Gasteiger partial charge in [-0.1, -0.05) is 18.2 Å². The van der Waals surface area contributed by atoms with Crippen molar-refractivity contribution in [3.05, 3.63) is 58.5 Å². The number of aryl methyl sites for hydroxylation is 3. The number of benzene rings is 1. The summed E-state index contributed by atoms with van der Waals surface area (Å²) < 4.78 is 5.54. The lowest BCUT2D eigenvalue weighted by atomic mass is 10.0. The average Bonchev–Trinajstić information content (AvgIpc) is 2.86. The van der Waals surface area contributed by atoms with Crippen LogP contribution in [0.15, 0.2) is 34.7 Å². The van der Waals surface area contributed by atoms with Crippen molar-refractivity contribution in [3.63, 3.8) is 0 Å². The number of rotatable bonds is 6. The minimum atomic E-state index is 0.000979. The van der Waals surface area contributed by atoms with Gasteiger partial charge in [0.05, 0.1) is 19.1 Å². The zero-order valence-corrected chi connectivity index (χ0v) is 14.6. The van der Waals surface area contributed by atoms with E-state index < -0.39 is 0 Å². The first-order valence-electron chi connectivity index (χ1n) is 7.95. The van der Waals surface area contributed by atoms with Crippen LogP contribution in [0.3, 0.4) is 0 Å². The third-order valence-electron chi connectivity index (χ3n) is 4.04. The molecule has 124 valence electrons. The van der Waals surface area contributed by atoms with E-state index in [0.717, 1.165) is 17.1 Å². The van der Waals surface area contributed by atoms with Crippen molar-refractivity contribution in [2.24, 2.45) is 0 Å². The van der Waals surface area contributed by atoms with Gasteiger partial charge in [0, 0.05) is 0 Å². The molecule has 1 aromatic carbocycles. The fourth-order valence-corrected chi connectivity index (χ4v) is 2.54. The maximum absolute atomic E-state index is 12.2. The zero-order valence-electron chi connectivity index (χ0n) is 14.6. The number of likely N-dealkylation sites (N-methyl/N-ethyl adjacent to an activating group) is 1. The van der Waals surface area contributed by atoms with Crippen molar-refractivity contribution in [1.29, 1.82) is 0 Å². The third kappa shape index (κ3) is 4.96. The number of hydrogen-bond acceptors (Lipinski definition) is 3. The summed E-state index contributed by atoms with van der Waals surface area (Å²) in [5.41, 5.74) is 3.64. The zero-order chi connectivity index (χ0) is 17.0. The molecule has 0 aliphatic heterocycles. The van der Waals surface area contributed by atoms with Gasteiger partial charge in [-0.25, -0.2) is 0 Å². The number of carbonyl (C=O) groups excluding carboxylic acids is 1. The number of hydrogen-bond donors (Lipinski definition) is 1. The minimum absolute atomic E-state index is 0.000979. The van der Waals surface area contributed by atoms with Gasteiger partial charge < -0.3 is 9.73 Å². The molecule has 2 rings (SSSR count). The molecule has 0 saturated carbocycles. The van der Waals surface area contributed by atoms with E-state index in [9.17, 15) is 4.79 Å². The summed E-state index contributed by atoms with van der Waals surface area (Å²) in [5, 5.41) is 3.05. The van der Waals surface area contributed by atoms with Crippen LogP contribution in [-0.2, 0) is 11.3 Å². The second kappa shape index (κ2) is 7.47. The summed E-state index contributed by atoms with van der Waals surface area (Å²) in [4.78, 5) is 14.1. The van der Waals surface area contributed by atoms with E-state index in [4.69, 9.17) is 4.42 Å². The number of nitrogens with one attached hydrogen (secondary N) is 1. The molecule has 0 fully saturated rings. The van der Waals surface area contributed by atoms with Crippen LogP contribution in [0, 0.1) is 20.8 Å². The molecule has 0 aliphatic rings. The van der Waals surface area contributed by atoms with Crippen LogP contribution in [0.4, 0.5) is 0 Å². The summed E-state index contributed by atoms with van der Waals surface area (Å²) in [5.74, 6) is 1.78. The Kier molecular flexibility index (Phi) is 5.61. The molecule has 2 aromatic rings. The van der Waals surface area contributed by atoms with E-state index in [0.29, 0.717) is 13.1 Å². The standard InChI is InChI=1S/C19H26N2O2/c1-13-6-8-17(10-14(13)2)16(4)20-19(22)12-21(5)11-18-9-7-15(3)23-18/h6-10,16H,11-12H2,1-5H3,(H,20,22). The molecule has 0 radical (unpaired) electrons. The molecule has 4 heteroatoms. The van der Waals surface area contributed by atoms with Gasteiger partial charge in [0.2, 0.25) is 5.91 Å². The Bertz CT molecular complexity index is 676. The van der Waals surface area contributed by atoms with E-state index in [1.54, 1.807) is 0 Å². The molecule has 23 heavy (non-hydrogen) atoms. The monoisotopic (exact) mass is 314 g/mol. The molecule has 4 nitrogen and oxygen atoms in total. The normalized spacial score (nSPS) is 12.4. The van der Waals surface area contributed by atoms with Crippen molar-refractivity contribution < 1.29 is 9.21 Å². The fraction of sp³-hybridized carbons (Fsp3) is 0.421. The first-order valence-corrected chi connectivity index (χ1v) is 7.95. The van der Waals surface area contributed by atoms with Crippen LogP contribution >= 0.6 is 0 Å². The third-order valence-corrected chi connectivity index (χ3v) is 4.04. The molecule has 0 spiro atoms. The molecule has 1 atom stereocenters. The van der Waals surface area contributed by atoms with Crippen LogP contribution in [0.5, 0.6) is 0 Å². The first kappa shape index (κ1) is 17.3. The summed E-state index contributed by atoms with van der Waals surface area (Å²) >= 11 is 0. The highest BCUT2D eigenvalue weighted by molar-refractivity contribution is 5.78. The highest BCUT2D eigenvalue weighted by Gasteiger charge is 2.13. The van der Waals surface area contributed by atoms with Crippen LogP contribution in [-0.4, -0.2) is 24.4 Å². The fourth-order valence-electron chi connectivity index (χ4n) is 2.54. The largest absolute Gasteiger partial charge is 0.465 e. The molecule has 1 heterocycles. The second-order valence-electron chi connectivity index (χ2n) is 6.32. The Morgan fingerprint density at radius 3 is 2.52 bits per heavy atom. The smallest absolute Gasteiger partial charge is 0.234 e. The van der Waals surface area contributed by atoms with Crippen LogP contribution in [0.1, 0.15) is 41.2 Å². The lowest BCUT2D eigenvalue weighted by Crippen LogP contribution is -2.36. The van der Waals surface area contributed by atoms with Crippen molar-refractivity contribution in [3.8, 4) is 0 Å².